The maximum absolute atomic E-state index is 12.3. The highest BCUT2D eigenvalue weighted by molar-refractivity contribution is 5.83. The van der Waals surface area contributed by atoms with Gasteiger partial charge < -0.3 is 9.47 Å². The molecule has 2 aromatic carbocycles. The number of benzene rings is 2. The fourth-order valence-corrected chi connectivity index (χ4v) is 2.51. The number of tetrazole rings is 1. The summed E-state index contributed by atoms with van der Waals surface area (Å²) in [7, 11) is 1.54. The van der Waals surface area contributed by atoms with Gasteiger partial charge in [0.1, 0.15) is 6.61 Å². The molecule has 8 nitrogen and oxygen atoms in total. The molecular weight excluding hydrogens is 310 g/mol. The minimum absolute atomic E-state index is 0.271. The molecule has 0 fully saturated rings. The van der Waals surface area contributed by atoms with Crippen LogP contribution in [0.1, 0.15) is 5.56 Å². The van der Waals surface area contributed by atoms with Gasteiger partial charge in [-0.25, -0.2) is 0 Å². The molecule has 24 heavy (non-hydrogen) atoms. The molecule has 0 spiro atoms. The van der Waals surface area contributed by atoms with Crippen LogP contribution in [0, 0.1) is 0 Å². The monoisotopic (exact) mass is 323 g/mol. The number of methoxy groups -OCH3 is 1. The van der Waals surface area contributed by atoms with Crippen LogP contribution in [0.25, 0.3) is 16.7 Å². The van der Waals surface area contributed by atoms with E-state index in [4.69, 9.17) is 9.47 Å². The van der Waals surface area contributed by atoms with E-state index >= 15 is 0 Å². The van der Waals surface area contributed by atoms with Crippen molar-refractivity contribution in [3.8, 4) is 11.5 Å². The van der Waals surface area contributed by atoms with Gasteiger partial charge >= 0.3 is 0 Å². The van der Waals surface area contributed by atoms with E-state index in [1.165, 1.54) is 4.52 Å². The first-order valence-corrected chi connectivity index (χ1v) is 7.25. The standard InChI is InChI=1S/C16H13N5O3/c1-23-13-8-12-11(15(22)17-16-18-19-20-21(12)16)7-14(13)24-9-10-5-3-2-4-6-10/h2-8H,9H2,1H3,(H,17,18,20,22). The Kier molecular flexibility index (Phi) is 3.34. The summed E-state index contributed by atoms with van der Waals surface area (Å²) >= 11 is 0. The van der Waals surface area contributed by atoms with Gasteiger partial charge in [0, 0.05) is 6.07 Å². The van der Waals surface area contributed by atoms with E-state index in [0.29, 0.717) is 29.0 Å². The van der Waals surface area contributed by atoms with Crippen molar-refractivity contribution in [1.82, 2.24) is 25.0 Å². The van der Waals surface area contributed by atoms with Crippen molar-refractivity contribution < 1.29 is 9.47 Å². The molecule has 0 atom stereocenters. The van der Waals surface area contributed by atoms with Crippen LogP contribution >= 0.6 is 0 Å². The number of aromatic amines is 1. The first kappa shape index (κ1) is 14.2. The molecule has 2 aromatic heterocycles. The number of H-pyrrole nitrogens is 1. The molecular formula is C16H13N5O3. The minimum atomic E-state index is -0.292. The van der Waals surface area contributed by atoms with Gasteiger partial charge in [0.2, 0.25) is 0 Å². The second kappa shape index (κ2) is 5.65. The highest BCUT2D eigenvalue weighted by Gasteiger charge is 2.14. The zero-order chi connectivity index (χ0) is 16.5. The second-order valence-electron chi connectivity index (χ2n) is 5.16. The van der Waals surface area contributed by atoms with Gasteiger partial charge in [0.15, 0.2) is 11.5 Å². The summed E-state index contributed by atoms with van der Waals surface area (Å²) < 4.78 is 12.7. The maximum Gasteiger partial charge on any atom is 0.260 e. The van der Waals surface area contributed by atoms with Crippen LogP contribution in [-0.4, -0.2) is 32.1 Å². The summed E-state index contributed by atoms with van der Waals surface area (Å²) in [5, 5.41) is 11.6. The fourth-order valence-electron chi connectivity index (χ4n) is 2.51. The van der Waals surface area contributed by atoms with Gasteiger partial charge in [-0.05, 0) is 22.1 Å². The number of hydrogen-bond acceptors (Lipinski definition) is 6. The second-order valence-corrected chi connectivity index (χ2v) is 5.16. The van der Waals surface area contributed by atoms with E-state index in [2.05, 4.69) is 20.5 Å². The third-order valence-corrected chi connectivity index (χ3v) is 3.69. The number of hydrogen-bond donors (Lipinski definition) is 1. The van der Waals surface area contributed by atoms with E-state index < -0.39 is 0 Å². The topological polar surface area (TPSA) is 94.4 Å². The average molecular weight is 323 g/mol. The number of nitrogens with zero attached hydrogens (tertiary/aromatic N) is 4. The van der Waals surface area contributed by atoms with Gasteiger partial charge in [-0.15, -0.1) is 0 Å². The molecule has 4 rings (SSSR count). The maximum atomic E-state index is 12.3. The molecule has 2 heterocycles. The third kappa shape index (κ3) is 2.34. The quantitative estimate of drug-likeness (QED) is 0.612. The molecule has 0 aliphatic rings. The van der Waals surface area contributed by atoms with E-state index in [-0.39, 0.29) is 11.3 Å². The Morgan fingerprint density at radius 2 is 2.00 bits per heavy atom. The Bertz CT molecular complexity index is 1070. The number of nitrogens with one attached hydrogen (secondary N) is 1. The normalized spacial score (nSPS) is 11.0. The Labute approximate surface area is 135 Å². The minimum Gasteiger partial charge on any atom is -0.493 e. The van der Waals surface area contributed by atoms with Crippen molar-refractivity contribution in [3.05, 3.63) is 58.4 Å². The Morgan fingerprint density at radius 3 is 2.79 bits per heavy atom. The molecule has 4 aromatic rings. The first-order valence-electron chi connectivity index (χ1n) is 7.25. The van der Waals surface area contributed by atoms with Crippen LogP contribution in [0.5, 0.6) is 11.5 Å². The van der Waals surface area contributed by atoms with E-state index in [0.717, 1.165) is 5.56 Å². The van der Waals surface area contributed by atoms with Crippen molar-refractivity contribution >= 4 is 16.7 Å². The Balaban J connectivity index is 1.82. The summed E-state index contributed by atoms with van der Waals surface area (Å²) in [6.45, 7) is 0.369. The van der Waals surface area contributed by atoms with Crippen LogP contribution in [0.15, 0.2) is 47.3 Å². The van der Waals surface area contributed by atoms with Crippen LogP contribution < -0.4 is 15.0 Å². The number of fused-ring (bicyclic) bond motifs is 3. The lowest BCUT2D eigenvalue weighted by Gasteiger charge is -2.12. The summed E-state index contributed by atoms with van der Waals surface area (Å²) in [6, 6.07) is 13.1. The molecule has 8 heteroatoms. The summed E-state index contributed by atoms with van der Waals surface area (Å²) in [6.07, 6.45) is 0. The third-order valence-electron chi connectivity index (χ3n) is 3.69. The number of rotatable bonds is 4. The predicted molar refractivity (Wildman–Crippen MR) is 86.2 cm³/mol. The predicted octanol–water partition coefficient (Wildman–Crippen LogP) is 1.55. The molecule has 0 unspecified atom stereocenters. The molecule has 0 aliphatic heterocycles. The highest BCUT2D eigenvalue weighted by Crippen LogP contribution is 2.31. The lowest BCUT2D eigenvalue weighted by Crippen LogP contribution is -2.11. The Morgan fingerprint density at radius 1 is 1.17 bits per heavy atom. The SMILES string of the molecule is COc1cc2c(cc1OCc1ccccc1)c(=O)[nH]c1nnnn12. The number of ether oxygens (including phenoxy) is 2. The Hall–Kier alpha value is -3.42. The summed E-state index contributed by atoms with van der Waals surface area (Å²) in [5.74, 6) is 1.25. The molecule has 0 saturated carbocycles. The van der Waals surface area contributed by atoms with Crippen LogP contribution in [0.4, 0.5) is 0 Å². The average Bonchev–Trinajstić information content (AvgIpc) is 3.08. The lowest BCUT2D eigenvalue weighted by molar-refractivity contribution is 0.285. The molecule has 1 N–H and O–H groups in total. The zero-order valence-corrected chi connectivity index (χ0v) is 12.8. The highest BCUT2D eigenvalue weighted by atomic mass is 16.5. The summed E-state index contributed by atoms with van der Waals surface area (Å²) in [4.78, 5) is 14.9. The fraction of sp³-hybridized carbons (Fsp3) is 0.125. The van der Waals surface area contributed by atoms with Crippen LogP contribution in [0.2, 0.25) is 0 Å². The van der Waals surface area contributed by atoms with Crippen molar-refractivity contribution in [2.75, 3.05) is 7.11 Å². The van der Waals surface area contributed by atoms with Gasteiger partial charge in [-0.2, -0.15) is 4.52 Å². The van der Waals surface area contributed by atoms with Crippen molar-refractivity contribution in [3.63, 3.8) is 0 Å². The molecule has 0 aliphatic carbocycles. The largest absolute Gasteiger partial charge is 0.493 e. The molecule has 0 amide bonds. The first-order chi connectivity index (χ1) is 11.8. The van der Waals surface area contributed by atoms with E-state index in [1.54, 1.807) is 19.2 Å². The van der Waals surface area contributed by atoms with Gasteiger partial charge in [0.25, 0.3) is 11.3 Å². The van der Waals surface area contributed by atoms with Gasteiger partial charge in [-0.1, -0.05) is 35.4 Å². The zero-order valence-electron chi connectivity index (χ0n) is 12.8. The van der Waals surface area contributed by atoms with Crippen molar-refractivity contribution in [1.29, 1.82) is 0 Å². The van der Waals surface area contributed by atoms with E-state index in [1.807, 2.05) is 30.3 Å². The molecule has 0 bridgehead atoms. The number of aromatic nitrogens is 5. The molecule has 0 saturated heterocycles. The van der Waals surface area contributed by atoms with E-state index in [9.17, 15) is 4.79 Å². The van der Waals surface area contributed by atoms with Crippen LogP contribution in [0.3, 0.4) is 0 Å². The van der Waals surface area contributed by atoms with Gasteiger partial charge in [0.05, 0.1) is 18.0 Å². The van der Waals surface area contributed by atoms with Crippen molar-refractivity contribution in [2.45, 2.75) is 6.61 Å². The van der Waals surface area contributed by atoms with Gasteiger partial charge in [-0.3, -0.25) is 9.78 Å². The lowest BCUT2D eigenvalue weighted by atomic mass is 10.2. The molecule has 120 valence electrons. The summed E-state index contributed by atoms with van der Waals surface area (Å²) in [5.41, 5.74) is 1.27. The van der Waals surface area contributed by atoms with Crippen LogP contribution in [-0.2, 0) is 6.61 Å². The van der Waals surface area contributed by atoms with Crippen molar-refractivity contribution in [2.24, 2.45) is 0 Å². The smallest absolute Gasteiger partial charge is 0.260 e. The molecule has 0 radical (unpaired) electrons.